The smallest absolute Gasteiger partial charge is 0.235 e. The van der Waals surface area contributed by atoms with E-state index < -0.39 is 16.0 Å². The lowest BCUT2D eigenvalue weighted by atomic mass is 10.4. The summed E-state index contributed by atoms with van der Waals surface area (Å²) in [7, 11) is -4.49. The van der Waals surface area contributed by atoms with Gasteiger partial charge in [-0.15, -0.1) is 15.2 Å². The molecule has 0 saturated heterocycles. The zero-order chi connectivity index (χ0) is 11.1. The second-order valence-electron chi connectivity index (χ2n) is 2.91. The van der Waals surface area contributed by atoms with Gasteiger partial charge in [0.2, 0.25) is 0 Å². The van der Waals surface area contributed by atoms with E-state index in [9.17, 15) is 12.3 Å². The van der Waals surface area contributed by atoms with Crippen LogP contribution in [0.25, 0.3) is 10.2 Å². The van der Waals surface area contributed by atoms with Crippen molar-refractivity contribution >= 4 is 43.4 Å². The molecule has 3 nitrogen and oxygen atoms in total. The summed E-state index contributed by atoms with van der Waals surface area (Å²) in [6.07, 6.45) is 0. The first-order chi connectivity index (χ1) is 6.94. The van der Waals surface area contributed by atoms with Crippen LogP contribution in [0, 0.1) is 0 Å². The van der Waals surface area contributed by atoms with Gasteiger partial charge in [0.05, 0.1) is 10.2 Å². The normalized spacial score (nSPS) is 12.1. The molecule has 0 bridgehead atoms. The van der Waals surface area contributed by atoms with E-state index in [1.54, 1.807) is 12.1 Å². The monoisotopic (exact) mass is 265 g/mol. The molecule has 7 heteroatoms. The van der Waals surface area contributed by atoms with Crippen molar-refractivity contribution in [2.24, 2.45) is 0 Å². The van der Waals surface area contributed by atoms with Crippen LogP contribution in [0.3, 0.4) is 0 Å². The van der Waals surface area contributed by atoms with E-state index in [1.807, 2.05) is 0 Å². The van der Waals surface area contributed by atoms with Gasteiger partial charge in [-0.3, -0.25) is 0 Å². The van der Waals surface area contributed by atoms with Crippen LogP contribution in [0.5, 0.6) is 0 Å². The van der Waals surface area contributed by atoms with Crippen LogP contribution in [0.15, 0.2) is 18.2 Å². The summed E-state index contributed by atoms with van der Waals surface area (Å²) in [5.41, 5.74) is 0.589. The molecule has 0 atom stereocenters. The lowest BCUT2D eigenvalue weighted by molar-refractivity contribution is 0.551. The lowest BCUT2D eigenvalue weighted by Gasteiger charge is -1.87. The van der Waals surface area contributed by atoms with E-state index in [-0.39, 0.29) is 0 Å². The van der Waals surface area contributed by atoms with Gasteiger partial charge >= 0.3 is 10.2 Å². The minimum Gasteiger partial charge on any atom is -0.235 e. The molecule has 0 amide bonds. The van der Waals surface area contributed by atoms with Crippen molar-refractivity contribution in [1.82, 2.24) is 4.98 Å². The van der Waals surface area contributed by atoms with Crippen molar-refractivity contribution in [3.63, 3.8) is 0 Å². The zero-order valence-corrected chi connectivity index (χ0v) is 9.66. The Morgan fingerprint density at radius 1 is 1.47 bits per heavy atom. The summed E-state index contributed by atoms with van der Waals surface area (Å²) in [4.78, 5) is 4.40. The highest BCUT2D eigenvalue weighted by Crippen LogP contribution is 2.27. The molecule has 0 unspecified atom stereocenters. The molecule has 0 saturated carbocycles. The van der Waals surface area contributed by atoms with Gasteiger partial charge in [0, 0.05) is 4.88 Å². The van der Waals surface area contributed by atoms with Crippen LogP contribution in [-0.4, -0.2) is 13.4 Å². The maximum Gasteiger partial charge on any atom is 0.307 e. The third-order valence-electron chi connectivity index (χ3n) is 1.71. The summed E-state index contributed by atoms with van der Waals surface area (Å²) in [5, 5.41) is 0.329. The summed E-state index contributed by atoms with van der Waals surface area (Å²) < 4.78 is 34.1. The number of fused-ring (bicyclic) bond motifs is 1. The molecule has 2 aromatic rings. The first-order valence-electron chi connectivity index (χ1n) is 3.91. The minimum absolute atomic E-state index is 0.329. The average molecular weight is 266 g/mol. The molecule has 0 aliphatic rings. The second-order valence-corrected chi connectivity index (χ2v) is 5.84. The number of rotatable bonds is 2. The van der Waals surface area contributed by atoms with Crippen molar-refractivity contribution in [2.45, 2.75) is 5.75 Å². The van der Waals surface area contributed by atoms with Crippen molar-refractivity contribution < 1.29 is 12.3 Å². The van der Waals surface area contributed by atoms with Crippen LogP contribution >= 0.6 is 22.9 Å². The number of pyridine rings is 1. The van der Waals surface area contributed by atoms with Gasteiger partial charge in [-0.2, -0.15) is 8.42 Å². The molecule has 2 heterocycles. The lowest BCUT2D eigenvalue weighted by Crippen LogP contribution is -1.92. The summed E-state index contributed by atoms with van der Waals surface area (Å²) in [6.45, 7) is 0. The third kappa shape index (κ3) is 2.64. The SMILES string of the molecule is O=S(=O)(F)Cc1cc2nc(Cl)ccc2s1. The highest BCUT2D eigenvalue weighted by molar-refractivity contribution is 7.85. The molecule has 0 radical (unpaired) electrons. The Morgan fingerprint density at radius 2 is 2.20 bits per heavy atom. The number of hydrogen-bond donors (Lipinski definition) is 0. The van der Waals surface area contributed by atoms with Crippen LogP contribution in [-0.2, 0) is 16.0 Å². The summed E-state index contributed by atoms with van der Waals surface area (Å²) >= 11 is 6.85. The number of thiophene rings is 1. The molecule has 0 spiro atoms. The Kier molecular flexibility index (Phi) is 2.66. The molecule has 0 fully saturated rings. The van der Waals surface area contributed by atoms with E-state index in [4.69, 9.17) is 11.6 Å². The summed E-state index contributed by atoms with van der Waals surface area (Å²) in [6, 6.07) is 4.86. The Bertz CT molecular complexity index is 608. The van der Waals surface area contributed by atoms with Gasteiger partial charge in [-0.05, 0) is 18.2 Å². The molecule has 0 aliphatic heterocycles. The van der Waals surface area contributed by atoms with Crippen molar-refractivity contribution in [3.05, 3.63) is 28.2 Å². The minimum atomic E-state index is -4.49. The van der Waals surface area contributed by atoms with Gasteiger partial charge in [-0.1, -0.05) is 11.6 Å². The first kappa shape index (κ1) is 10.8. The number of halogens is 2. The number of hydrogen-bond acceptors (Lipinski definition) is 4. The fraction of sp³-hybridized carbons (Fsp3) is 0.125. The van der Waals surface area contributed by atoms with Crippen LogP contribution < -0.4 is 0 Å². The molecule has 0 N–H and O–H groups in total. The quantitative estimate of drug-likeness (QED) is 0.620. The Hall–Kier alpha value is -0.720. The van der Waals surface area contributed by atoms with Gasteiger partial charge in [0.15, 0.2) is 0 Å². The molecular weight excluding hydrogens is 261 g/mol. The predicted octanol–water partition coefficient (Wildman–Crippen LogP) is 2.75. The molecule has 2 rings (SSSR count). The van der Waals surface area contributed by atoms with Gasteiger partial charge in [0.1, 0.15) is 10.9 Å². The Morgan fingerprint density at radius 3 is 2.87 bits per heavy atom. The number of aromatic nitrogens is 1. The van der Waals surface area contributed by atoms with Crippen LogP contribution in [0.2, 0.25) is 5.15 Å². The molecular formula is C8H5ClFNO2S2. The van der Waals surface area contributed by atoms with E-state index >= 15 is 0 Å². The van der Waals surface area contributed by atoms with Crippen molar-refractivity contribution in [1.29, 1.82) is 0 Å². The third-order valence-corrected chi connectivity index (χ3v) is 3.84. The Labute approximate surface area is 94.7 Å². The molecule has 0 aromatic carbocycles. The molecule has 15 heavy (non-hydrogen) atoms. The highest BCUT2D eigenvalue weighted by atomic mass is 35.5. The standard InChI is InChI=1S/C8H5ClFNO2S2/c9-8-2-1-7-6(11-8)3-5(14-7)4-15(10,12)13/h1-3H,4H2. The van der Waals surface area contributed by atoms with Gasteiger partial charge < -0.3 is 0 Å². The maximum atomic E-state index is 12.4. The maximum absolute atomic E-state index is 12.4. The van der Waals surface area contributed by atoms with Crippen molar-refractivity contribution in [2.75, 3.05) is 0 Å². The van der Waals surface area contributed by atoms with Gasteiger partial charge in [-0.25, -0.2) is 4.98 Å². The molecule has 2 aromatic heterocycles. The second kappa shape index (κ2) is 3.70. The largest absolute Gasteiger partial charge is 0.307 e. The molecule has 0 aliphatic carbocycles. The van der Waals surface area contributed by atoms with Crippen LogP contribution in [0.4, 0.5) is 3.89 Å². The van der Waals surface area contributed by atoms with Gasteiger partial charge in [0.25, 0.3) is 0 Å². The van der Waals surface area contributed by atoms with E-state index in [0.717, 1.165) is 4.70 Å². The predicted molar refractivity (Wildman–Crippen MR) is 58.4 cm³/mol. The van der Waals surface area contributed by atoms with E-state index in [0.29, 0.717) is 15.5 Å². The van der Waals surface area contributed by atoms with E-state index in [1.165, 1.54) is 17.4 Å². The Balaban J connectivity index is 2.48. The highest BCUT2D eigenvalue weighted by Gasteiger charge is 2.12. The van der Waals surface area contributed by atoms with Crippen molar-refractivity contribution in [3.8, 4) is 0 Å². The van der Waals surface area contributed by atoms with Crippen LogP contribution in [0.1, 0.15) is 4.88 Å². The van der Waals surface area contributed by atoms with E-state index in [2.05, 4.69) is 4.98 Å². The fourth-order valence-corrected chi connectivity index (χ4v) is 3.22. The topological polar surface area (TPSA) is 47.0 Å². The average Bonchev–Trinajstić information content (AvgIpc) is 2.42. The zero-order valence-electron chi connectivity index (χ0n) is 7.28. The summed E-state index contributed by atoms with van der Waals surface area (Å²) in [5.74, 6) is -0.606. The molecule has 80 valence electrons. The first-order valence-corrected chi connectivity index (χ1v) is 6.66. The fourth-order valence-electron chi connectivity index (χ4n) is 1.19. The number of nitrogens with zero attached hydrogens (tertiary/aromatic N) is 1.